The van der Waals surface area contributed by atoms with E-state index in [1.165, 1.54) is 0 Å². The molecule has 8 heteroatoms. The Morgan fingerprint density at radius 2 is 2.14 bits per heavy atom. The van der Waals surface area contributed by atoms with Gasteiger partial charge in [-0.1, -0.05) is 26.0 Å². The van der Waals surface area contributed by atoms with E-state index in [-0.39, 0.29) is 12.1 Å². The molecule has 4 rings (SSSR count). The first kappa shape index (κ1) is 19.4. The van der Waals surface area contributed by atoms with Gasteiger partial charge in [0.15, 0.2) is 5.65 Å². The van der Waals surface area contributed by atoms with Crippen molar-refractivity contribution in [1.29, 1.82) is 0 Å². The van der Waals surface area contributed by atoms with Crippen LogP contribution in [0.3, 0.4) is 0 Å². The summed E-state index contributed by atoms with van der Waals surface area (Å²) < 4.78 is 1.75. The number of hydrogen-bond acceptors (Lipinski definition) is 7. The van der Waals surface area contributed by atoms with Crippen LogP contribution in [0.15, 0.2) is 30.5 Å². The van der Waals surface area contributed by atoms with E-state index in [0.29, 0.717) is 24.4 Å². The number of rotatable bonds is 6. The molecule has 2 unspecified atom stereocenters. The van der Waals surface area contributed by atoms with Crippen LogP contribution in [0, 0.1) is 0 Å². The number of nitrogens with one attached hydrogen (secondary N) is 2. The molecule has 2 heterocycles. The number of benzene rings is 1. The lowest BCUT2D eigenvalue weighted by atomic mass is 9.93. The highest BCUT2D eigenvalue weighted by Crippen LogP contribution is 2.25. The Balaban J connectivity index is 1.64. The summed E-state index contributed by atoms with van der Waals surface area (Å²) in [5.74, 6) is 1.49. The van der Waals surface area contributed by atoms with Crippen molar-refractivity contribution < 1.29 is 5.11 Å². The zero-order chi connectivity index (χ0) is 20.4. The average molecular weight is 396 g/mol. The average Bonchev–Trinajstić information content (AvgIpc) is 3.10. The second-order valence-corrected chi connectivity index (χ2v) is 8.12. The fourth-order valence-corrected chi connectivity index (χ4v) is 3.84. The second kappa shape index (κ2) is 8.24. The van der Waals surface area contributed by atoms with E-state index in [1.807, 2.05) is 30.5 Å². The van der Waals surface area contributed by atoms with Gasteiger partial charge in [-0.3, -0.25) is 0 Å². The number of nitrogens with two attached hydrogens (primary N) is 1. The lowest BCUT2D eigenvalue weighted by Gasteiger charge is -2.26. The van der Waals surface area contributed by atoms with Crippen molar-refractivity contribution in [3.8, 4) is 0 Å². The van der Waals surface area contributed by atoms with Crippen molar-refractivity contribution >= 4 is 23.2 Å². The molecule has 1 aliphatic carbocycles. The Labute approximate surface area is 170 Å². The molecule has 1 aromatic carbocycles. The molecule has 0 amide bonds. The van der Waals surface area contributed by atoms with Gasteiger partial charge in [0, 0.05) is 23.8 Å². The van der Waals surface area contributed by atoms with Gasteiger partial charge < -0.3 is 21.5 Å². The molecule has 1 fully saturated rings. The highest BCUT2D eigenvalue weighted by Gasteiger charge is 2.22. The molecule has 29 heavy (non-hydrogen) atoms. The minimum atomic E-state index is -0.257. The van der Waals surface area contributed by atoms with Crippen LogP contribution in [0.25, 0.3) is 5.65 Å². The van der Waals surface area contributed by atoms with Crippen LogP contribution in [-0.4, -0.2) is 36.8 Å². The number of anilines is 3. The maximum absolute atomic E-state index is 9.98. The number of nitrogens with zero attached hydrogens (tertiary/aromatic N) is 4. The summed E-state index contributed by atoms with van der Waals surface area (Å²) in [6, 6.07) is 7.95. The minimum Gasteiger partial charge on any atom is -0.399 e. The van der Waals surface area contributed by atoms with Gasteiger partial charge >= 0.3 is 0 Å². The molecule has 1 aliphatic rings. The minimum absolute atomic E-state index is 0.174. The monoisotopic (exact) mass is 395 g/mol. The van der Waals surface area contributed by atoms with Gasteiger partial charge in [0.25, 0.3) is 0 Å². The van der Waals surface area contributed by atoms with E-state index < -0.39 is 0 Å². The van der Waals surface area contributed by atoms with Crippen LogP contribution >= 0.6 is 0 Å². The summed E-state index contributed by atoms with van der Waals surface area (Å²) in [6.45, 7) is 4.84. The quantitative estimate of drug-likeness (QED) is 0.474. The molecule has 8 nitrogen and oxygen atoms in total. The van der Waals surface area contributed by atoms with E-state index in [2.05, 4.69) is 34.6 Å². The number of nitrogen functional groups attached to an aromatic ring is 1. The van der Waals surface area contributed by atoms with Crippen LogP contribution in [0.4, 0.5) is 17.6 Å². The summed E-state index contributed by atoms with van der Waals surface area (Å²) >= 11 is 0. The molecule has 0 radical (unpaired) electrons. The van der Waals surface area contributed by atoms with E-state index in [1.54, 1.807) is 4.52 Å². The molecular formula is C21H29N7O. The van der Waals surface area contributed by atoms with Gasteiger partial charge in [-0.15, -0.1) is 0 Å². The molecule has 0 aliphatic heterocycles. The van der Waals surface area contributed by atoms with Crippen molar-refractivity contribution in [2.24, 2.45) is 0 Å². The summed E-state index contributed by atoms with van der Waals surface area (Å²) in [7, 11) is 0. The van der Waals surface area contributed by atoms with E-state index in [0.717, 1.165) is 48.1 Å². The van der Waals surface area contributed by atoms with Gasteiger partial charge in [0.05, 0.1) is 12.3 Å². The summed E-state index contributed by atoms with van der Waals surface area (Å²) in [5.41, 5.74) is 9.56. The highest BCUT2D eigenvalue weighted by molar-refractivity contribution is 5.56. The molecule has 0 bridgehead atoms. The Kier molecular flexibility index (Phi) is 5.53. The van der Waals surface area contributed by atoms with Gasteiger partial charge in [0.2, 0.25) is 11.9 Å². The Morgan fingerprint density at radius 1 is 1.28 bits per heavy atom. The standard InChI is InChI=1S/C21H29N7O/c1-13(2)18-12-24-28-19(18)26-20(25-16-7-4-8-17(29)10-16)27-21(28)23-11-14-5-3-6-15(22)9-14/h3,5-6,9,12-13,16-17,29H,4,7-8,10-11,22H2,1-2H3,(H2,23,25,26,27). The van der Waals surface area contributed by atoms with Crippen molar-refractivity contribution in [2.45, 2.75) is 64.1 Å². The number of hydrogen-bond donors (Lipinski definition) is 4. The smallest absolute Gasteiger partial charge is 0.229 e. The van der Waals surface area contributed by atoms with Crippen molar-refractivity contribution in [2.75, 3.05) is 16.4 Å². The van der Waals surface area contributed by atoms with E-state index in [4.69, 9.17) is 10.7 Å². The van der Waals surface area contributed by atoms with Crippen LogP contribution in [0.1, 0.15) is 56.6 Å². The fourth-order valence-electron chi connectivity index (χ4n) is 3.84. The summed E-state index contributed by atoms with van der Waals surface area (Å²) in [6.07, 6.45) is 5.20. The molecule has 0 saturated heterocycles. The van der Waals surface area contributed by atoms with Crippen LogP contribution in [-0.2, 0) is 6.54 Å². The number of fused-ring (bicyclic) bond motifs is 1. The maximum Gasteiger partial charge on any atom is 0.229 e. The van der Waals surface area contributed by atoms with Gasteiger partial charge in [-0.25, -0.2) is 0 Å². The van der Waals surface area contributed by atoms with Crippen molar-refractivity contribution in [3.05, 3.63) is 41.6 Å². The van der Waals surface area contributed by atoms with Gasteiger partial charge in [-0.2, -0.15) is 19.6 Å². The number of aromatic nitrogens is 4. The Hall–Kier alpha value is -2.87. The first-order chi connectivity index (χ1) is 14.0. The second-order valence-electron chi connectivity index (χ2n) is 8.12. The molecular weight excluding hydrogens is 366 g/mol. The third-order valence-corrected chi connectivity index (χ3v) is 5.40. The zero-order valence-electron chi connectivity index (χ0n) is 17.0. The van der Waals surface area contributed by atoms with Crippen molar-refractivity contribution in [1.82, 2.24) is 19.6 Å². The molecule has 5 N–H and O–H groups in total. The zero-order valence-corrected chi connectivity index (χ0v) is 17.0. The first-order valence-corrected chi connectivity index (χ1v) is 10.3. The Morgan fingerprint density at radius 3 is 2.90 bits per heavy atom. The molecule has 0 spiro atoms. The van der Waals surface area contributed by atoms with E-state index >= 15 is 0 Å². The molecule has 154 valence electrons. The molecule has 1 saturated carbocycles. The summed E-state index contributed by atoms with van der Waals surface area (Å²) in [4.78, 5) is 9.43. The lowest BCUT2D eigenvalue weighted by Crippen LogP contribution is -2.30. The predicted molar refractivity (Wildman–Crippen MR) is 115 cm³/mol. The Bertz CT molecular complexity index is 984. The first-order valence-electron chi connectivity index (χ1n) is 10.3. The predicted octanol–water partition coefficient (Wildman–Crippen LogP) is 3.16. The fraction of sp³-hybridized carbons (Fsp3) is 0.476. The summed E-state index contributed by atoms with van der Waals surface area (Å²) in [5, 5.41) is 21.3. The molecule has 3 aromatic rings. The highest BCUT2D eigenvalue weighted by atomic mass is 16.3. The normalized spacial score (nSPS) is 19.6. The topological polar surface area (TPSA) is 113 Å². The van der Waals surface area contributed by atoms with Gasteiger partial charge in [-0.05, 0) is 49.3 Å². The van der Waals surface area contributed by atoms with Gasteiger partial charge in [0.1, 0.15) is 0 Å². The van der Waals surface area contributed by atoms with Crippen LogP contribution < -0.4 is 16.4 Å². The number of aliphatic hydroxyl groups excluding tert-OH is 1. The SMILES string of the molecule is CC(C)c1cnn2c(NCc3cccc(N)c3)nc(NC3CCCC(O)C3)nc12. The molecule has 2 atom stereocenters. The number of aliphatic hydroxyl groups is 1. The van der Waals surface area contributed by atoms with Crippen molar-refractivity contribution in [3.63, 3.8) is 0 Å². The third kappa shape index (κ3) is 4.42. The molecule has 2 aromatic heterocycles. The maximum atomic E-state index is 9.98. The largest absolute Gasteiger partial charge is 0.399 e. The van der Waals surface area contributed by atoms with E-state index in [9.17, 15) is 5.11 Å². The lowest BCUT2D eigenvalue weighted by molar-refractivity contribution is 0.124. The van der Waals surface area contributed by atoms with Crippen LogP contribution in [0.2, 0.25) is 0 Å². The third-order valence-electron chi connectivity index (χ3n) is 5.40. The van der Waals surface area contributed by atoms with Crippen LogP contribution in [0.5, 0.6) is 0 Å².